The molecule has 0 aliphatic rings. The average Bonchev–Trinajstić information content (AvgIpc) is 2.79. The number of rotatable bonds is 9. The van der Waals surface area contributed by atoms with Gasteiger partial charge in [0.1, 0.15) is 27.0 Å². The summed E-state index contributed by atoms with van der Waals surface area (Å²) in [7, 11) is -4.50. The molecule has 0 aliphatic heterocycles. The minimum Gasteiger partial charge on any atom is -0.497 e. The Morgan fingerprint density at radius 3 is 1.53 bits per heavy atom. The van der Waals surface area contributed by atoms with Gasteiger partial charge in [-0.2, -0.15) is 0 Å². The molecule has 13 heteroatoms. The lowest BCUT2D eigenvalue weighted by atomic mass is 10.2. The van der Waals surface area contributed by atoms with Gasteiger partial charge in [0.05, 0.1) is 32.7 Å². The quantitative estimate of drug-likeness (QED) is 0.401. The summed E-state index contributed by atoms with van der Waals surface area (Å²) in [5.41, 5.74) is -0.182. The lowest BCUT2D eigenvalue weighted by Crippen LogP contribution is -2.18. The molecule has 0 aromatic heterocycles. The van der Waals surface area contributed by atoms with Crippen molar-refractivity contribution in [2.45, 2.75) is 9.79 Å². The highest BCUT2D eigenvalue weighted by atomic mass is 35.5. The Kier molecular flexibility index (Phi) is 7.71. The van der Waals surface area contributed by atoms with E-state index < -0.39 is 20.0 Å². The van der Waals surface area contributed by atoms with E-state index in [0.29, 0.717) is 0 Å². The largest absolute Gasteiger partial charge is 0.497 e. The van der Waals surface area contributed by atoms with Gasteiger partial charge in [-0.25, -0.2) is 16.8 Å². The zero-order valence-electron chi connectivity index (χ0n) is 18.1. The van der Waals surface area contributed by atoms with E-state index >= 15 is 0 Å². The van der Waals surface area contributed by atoms with Crippen LogP contribution in [0.3, 0.4) is 0 Å². The molecule has 34 heavy (non-hydrogen) atoms. The number of anilines is 2. The van der Waals surface area contributed by atoms with Crippen molar-refractivity contribution in [2.24, 2.45) is 0 Å². The van der Waals surface area contributed by atoms with E-state index in [-0.39, 0.29) is 48.5 Å². The van der Waals surface area contributed by atoms with Gasteiger partial charge in [-0.05, 0) is 48.5 Å². The van der Waals surface area contributed by atoms with Gasteiger partial charge >= 0.3 is 0 Å². The standard InChI is InChI=1S/C21H20Cl2N2O7S2/c1-30-15-6-7-16(24-33(26,27)20-10-13(22)4-8-18(20)31-2)17(12-15)25-34(28,29)21-11-14(23)5-9-19(21)32-3/h4-12,24-25H,1-3H3. The van der Waals surface area contributed by atoms with E-state index in [2.05, 4.69) is 9.44 Å². The highest BCUT2D eigenvalue weighted by molar-refractivity contribution is 7.93. The third kappa shape index (κ3) is 5.61. The van der Waals surface area contributed by atoms with Crippen molar-refractivity contribution in [1.82, 2.24) is 0 Å². The summed E-state index contributed by atoms with van der Waals surface area (Å²) in [4.78, 5) is -0.473. The summed E-state index contributed by atoms with van der Waals surface area (Å²) in [6.45, 7) is 0. The first kappa shape index (κ1) is 25.8. The first-order valence-corrected chi connectivity index (χ1v) is 13.1. The fraction of sp³-hybridized carbons (Fsp3) is 0.143. The van der Waals surface area contributed by atoms with Gasteiger partial charge < -0.3 is 14.2 Å². The molecule has 0 saturated carbocycles. The van der Waals surface area contributed by atoms with Crippen molar-refractivity contribution >= 4 is 54.6 Å². The minimum absolute atomic E-state index is 0.0468. The van der Waals surface area contributed by atoms with Crippen LogP contribution in [0.25, 0.3) is 0 Å². The Hall–Kier alpha value is -2.86. The van der Waals surface area contributed by atoms with E-state index in [1.807, 2.05) is 0 Å². The molecule has 3 aromatic carbocycles. The van der Waals surface area contributed by atoms with E-state index in [1.54, 1.807) is 0 Å². The van der Waals surface area contributed by atoms with Crippen LogP contribution >= 0.6 is 23.2 Å². The number of hydrogen-bond donors (Lipinski definition) is 2. The van der Waals surface area contributed by atoms with Gasteiger partial charge in [0.25, 0.3) is 20.0 Å². The minimum atomic E-state index is -4.26. The number of benzene rings is 3. The topological polar surface area (TPSA) is 120 Å². The highest BCUT2D eigenvalue weighted by Crippen LogP contribution is 2.35. The monoisotopic (exact) mass is 546 g/mol. The van der Waals surface area contributed by atoms with Crippen LogP contribution in [0.15, 0.2) is 64.4 Å². The van der Waals surface area contributed by atoms with Crippen LogP contribution in [0.2, 0.25) is 10.0 Å². The van der Waals surface area contributed by atoms with Gasteiger partial charge in [-0.3, -0.25) is 9.44 Å². The molecule has 182 valence electrons. The number of sulfonamides is 2. The number of nitrogens with one attached hydrogen (secondary N) is 2. The molecule has 0 aliphatic carbocycles. The molecule has 0 spiro atoms. The average molecular weight is 547 g/mol. The fourth-order valence-corrected chi connectivity index (χ4v) is 5.96. The Labute approximate surface area is 207 Å². The molecule has 0 bridgehead atoms. The molecule has 2 N–H and O–H groups in total. The van der Waals surface area contributed by atoms with Crippen molar-refractivity contribution < 1.29 is 31.0 Å². The smallest absolute Gasteiger partial charge is 0.265 e. The van der Waals surface area contributed by atoms with E-state index in [4.69, 9.17) is 37.4 Å². The summed E-state index contributed by atoms with van der Waals surface area (Å²) < 4.78 is 72.7. The molecule has 0 saturated heterocycles. The molecular formula is C21H20Cl2N2O7S2. The number of ether oxygens (including phenoxy) is 3. The first-order chi connectivity index (χ1) is 16.0. The van der Waals surface area contributed by atoms with Gasteiger partial charge in [-0.15, -0.1) is 0 Å². The van der Waals surface area contributed by atoms with Crippen LogP contribution in [-0.2, 0) is 20.0 Å². The van der Waals surface area contributed by atoms with Crippen molar-refractivity contribution in [2.75, 3.05) is 30.8 Å². The summed E-state index contributed by atoms with van der Waals surface area (Å²) in [5, 5.41) is 0.339. The highest BCUT2D eigenvalue weighted by Gasteiger charge is 2.25. The molecule has 0 heterocycles. The molecule has 0 unspecified atom stereocenters. The third-order valence-corrected chi connectivity index (χ3v) is 7.79. The van der Waals surface area contributed by atoms with E-state index in [9.17, 15) is 16.8 Å². The van der Waals surface area contributed by atoms with Crippen LogP contribution in [0.4, 0.5) is 11.4 Å². The lowest BCUT2D eigenvalue weighted by molar-refractivity contribution is 0.402. The van der Waals surface area contributed by atoms with Gasteiger partial charge in [0, 0.05) is 16.1 Å². The Bertz CT molecular complexity index is 1430. The van der Waals surface area contributed by atoms with Crippen LogP contribution < -0.4 is 23.7 Å². The van der Waals surface area contributed by atoms with Gasteiger partial charge in [0.15, 0.2) is 0 Å². The maximum atomic E-state index is 13.2. The Morgan fingerprint density at radius 2 is 1.09 bits per heavy atom. The molecule has 0 fully saturated rings. The number of halogens is 2. The van der Waals surface area contributed by atoms with Gasteiger partial charge in [-0.1, -0.05) is 23.2 Å². The maximum Gasteiger partial charge on any atom is 0.265 e. The van der Waals surface area contributed by atoms with E-state index in [0.717, 1.165) is 0 Å². The van der Waals surface area contributed by atoms with Crippen molar-refractivity contribution in [3.63, 3.8) is 0 Å². The zero-order chi connectivity index (χ0) is 25.1. The second-order valence-electron chi connectivity index (χ2n) is 6.71. The van der Waals surface area contributed by atoms with Crippen LogP contribution in [0.5, 0.6) is 17.2 Å². The van der Waals surface area contributed by atoms with Crippen molar-refractivity contribution in [3.8, 4) is 17.2 Å². The van der Waals surface area contributed by atoms with E-state index in [1.165, 1.54) is 75.9 Å². The zero-order valence-corrected chi connectivity index (χ0v) is 21.3. The molecule has 0 radical (unpaired) electrons. The summed E-state index contributed by atoms with van der Waals surface area (Å²) >= 11 is 11.9. The predicted octanol–water partition coefficient (Wildman–Crippen LogP) is 4.62. The number of hydrogen-bond acceptors (Lipinski definition) is 7. The van der Waals surface area contributed by atoms with Gasteiger partial charge in [0.2, 0.25) is 0 Å². The molecule has 0 atom stereocenters. The van der Waals surface area contributed by atoms with Crippen LogP contribution in [0.1, 0.15) is 0 Å². The predicted molar refractivity (Wildman–Crippen MR) is 131 cm³/mol. The second-order valence-corrected chi connectivity index (χ2v) is 10.9. The third-order valence-electron chi connectivity index (χ3n) is 4.55. The molecule has 3 aromatic rings. The molecule has 9 nitrogen and oxygen atoms in total. The summed E-state index contributed by atoms with van der Waals surface area (Å²) in [5.74, 6) is 0.376. The maximum absolute atomic E-state index is 13.2. The van der Waals surface area contributed by atoms with Crippen LogP contribution in [0, 0.1) is 0 Å². The lowest BCUT2D eigenvalue weighted by Gasteiger charge is -2.17. The Balaban J connectivity index is 2.08. The second kappa shape index (κ2) is 10.2. The molecular weight excluding hydrogens is 527 g/mol. The summed E-state index contributed by atoms with van der Waals surface area (Å²) in [6, 6.07) is 12.3. The molecule has 0 amide bonds. The van der Waals surface area contributed by atoms with Crippen molar-refractivity contribution in [1.29, 1.82) is 0 Å². The molecule has 3 rings (SSSR count). The normalized spacial score (nSPS) is 11.6. The SMILES string of the molecule is COc1ccc(NS(=O)(=O)c2cc(Cl)ccc2OC)c(NS(=O)(=O)c2cc(Cl)ccc2OC)c1. The Morgan fingerprint density at radius 1 is 0.618 bits per heavy atom. The first-order valence-electron chi connectivity index (χ1n) is 9.41. The fourth-order valence-electron chi connectivity index (χ4n) is 2.94. The summed E-state index contributed by atoms with van der Waals surface area (Å²) in [6.07, 6.45) is 0. The van der Waals surface area contributed by atoms with Crippen molar-refractivity contribution in [3.05, 3.63) is 64.6 Å². The number of methoxy groups -OCH3 is 3. The van der Waals surface area contributed by atoms with Crippen LogP contribution in [-0.4, -0.2) is 38.2 Å².